The number of aliphatic hydroxyl groups excluding tert-OH is 1. The number of fused-ring (bicyclic) bond motifs is 1. The molecule has 0 bridgehead atoms. The van der Waals surface area contributed by atoms with Crippen molar-refractivity contribution >= 4 is 0 Å². The Bertz CT molecular complexity index is 749. The van der Waals surface area contributed by atoms with Crippen LogP contribution in [0.5, 0.6) is 0 Å². The Balaban J connectivity index is 1.16. The van der Waals surface area contributed by atoms with E-state index >= 15 is 0 Å². The normalized spacial score (nSPS) is 28.9. The topological polar surface area (TPSA) is 32.7 Å². The summed E-state index contributed by atoms with van der Waals surface area (Å²) in [5, 5.41) is 10.6. The third-order valence-corrected chi connectivity index (χ3v) is 7.49. The Labute approximate surface area is 189 Å². The maximum Gasteiger partial charge on any atom is 0.0676 e. The van der Waals surface area contributed by atoms with Crippen LogP contribution in [-0.2, 0) is 11.2 Å². The van der Waals surface area contributed by atoms with Gasteiger partial charge in [-0.15, -0.1) is 0 Å². The fourth-order valence-corrected chi connectivity index (χ4v) is 5.86. The first kappa shape index (κ1) is 22.8. The van der Waals surface area contributed by atoms with Gasteiger partial charge in [0.25, 0.3) is 0 Å². The zero-order chi connectivity index (χ0) is 21.5. The highest BCUT2D eigenvalue weighted by molar-refractivity contribution is 5.23. The predicted molar refractivity (Wildman–Crippen MR) is 128 cm³/mol. The van der Waals surface area contributed by atoms with E-state index in [4.69, 9.17) is 4.74 Å². The van der Waals surface area contributed by atoms with Crippen molar-refractivity contribution < 1.29 is 9.84 Å². The van der Waals surface area contributed by atoms with Crippen molar-refractivity contribution in [3.8, 4) is 0 Å². The molecule has 4 rings (SSSR count). The lowest BCUT2D eigenvalue weighted by Gasteiger charge is -2.26. The number of rotatable bonds is 10. The van der Waals surface area contributed by atoms with E-state index < -0.39 is 0 Å². The summed E-state index contributed by atoms with van der Waals surface area (Å²) in [7, 11) is 0. The Hall–Kier alpha value is -1.42. The molecule has 1 saturated heterocycles. The minimum absolute atomic E-state index is 0.187. The fraction of sp³-hybridized carbons (Fsp3) is 0.643. The van der Waals surface area contributed by atoms with Crippen LogP contribution in [0.4, 0.5) is 0 Å². The molecule has 1 N–H and O–H groups in total. The minimum Gasteiger partial charge on any atom is -0.392 e. The molecule has 3 nitrogen and oxygen atoms in total. The molecule has 2 fully saturated rings. The van der Waals surface area contributed by atoms with E-state index in [1.54, 1.807) is 0 Å². The van der Waals surface area contributed by atoms with Crippen LogP contribution in [0.1, 0.15) is 56.1 Å². The molecule has 2 aliphatic carbocycles. The standard InChI is InChI=1S/C28H41NO2/c1-22-9-7-11-23(17-22)10-3-4-12-26-27-19-24(18-25(27)20-28(26)30)21-31-16-8-15-29-13-5-2-6-14-29/h4,7,9,11-12,17-18,25-28,30H,2-3,5-6,8,10,13-16,19-21H2,1H3/t25-,26+,27-,28+/m0/s1. The van der Waals surface area contributed by atoms with Crippen molar-refractivity contribution in [2.75, 3.05) is 32.8 Å². The van der Waals surface area contributed by atoms with E-state index in [-0.39, 0.29) is 6.10 Å². The lowest BCUT2D eigenvalue weighted by molar-refractivity contribution is 0.127. The van der Waals surface area contributed by atoms with Gasteiger partial charge in [-0.1, -0.05) is 54.5 Å². The molecule has 1 aromatic carbocycles. The molecular weight excluding hydrogens is 382 g/mol. The van der Waals surface area contributed by atoms with Gasteiger partial charge < -0.3 is 14.7 Å². The van der Waals surface area contributed by atoms with Gasteiger partial charge in [-0.3, -0.25) is 0 Å². The number of hydrogen-bond donors (Lipinski definition) is 1. The SMILES string of the molecule is Cc1cccc(CCC=C[C@@H]2[C@H]3CC(COCCCN4CCCCC4)=C[C@H]3C[C@H]2O)c1. The fourth-order valence-electron chi connectivity index (χ4n) is 5.86. The van der Waals surface area contributed by atoms with Gasteiger partial charge in [0.05, 0.1) is 12.7 Å². The summed E-state index contributed by atoms with van der Waals surface area (Å²) >= 11 is 0. The molecule has 31 heavy (non-hydrogen) atoms. The summed E-state index contributed by atoms with van der Waals surface area (Å²) in [5.74, 6) is 1.40. The van der Waals surface area contributed by atoms with Gasteiger partial charge in [0.1, 0.15) is 0 Å². The zero-order valence-electron chi connectivity index (χ0n) is 19.3. The van der Waals surface area contributed by atoms with Crippen molar-refractivity contribution in [1.82, 2.24) is 4.90 Å². The number of piperidine rings is 1. The van der Waals surface area contributed by atoms with Gasteiger partial charge in [-0.2, -0.15) is 0 Å². The van der Waals surface area contributed by atoms with Crippen LogP contribution in [0.25, 0.3) is 0 Å². The van der Waals surface area contributed by atoms with E-state index in [0.717, 1.165) is 45.3 Å². The first-order valence-electron chi connectivity index (χ1n) is 12.6. The maximum absolute atomic E-state index is 10.6. The lowest BCUT2D eigenvalue weighted by atomic mass is 9.89. The first-order chi connectivity index (χ1) is 15.2. The van der Waals surface area contributed by atoms with Crippen LogP contribution in [0.2, 0.25) is 0 Å². The number of ether oxygens (including phenoxy) is 1. The summed E-state index contributed by atoms with van der Waals surface area (Å²) in [5.41, 5.74) is 4.18. The summed E-state index contributed by atoms with van der Waals surface area (Å²) in [6, 6.07) is 8.77. The molecule has 3 aliphatic rings. The van der Waals surface area contributed by atoms with Crippen LogP contribution < -0.4 is 0 Å². The molecule has 170 valence electrons. The Morgan fingerprint density at radius 1 is 1.19 bits per heavy atom. The molecule has 0 amide bonds. The average Bonchev–Trinajstić information content (AvgIpc) is 3.28. The van der Waals surface area contributed by atoms with Gasteiger partial charge in [0.15, 0.2) is 0 Å². The van der Waals surface area contributed by atoms with Crippen molar-refractivity contribution in [2.24, 2.45) is 17.8 Å². The highest BCUT2D eigenvalue weighted by Crippen LogP contribution is 2.47. The van der Waals surface area contributed by atoms with E-state index in [0.29, 0.717) is 17.8 Å². The third-order valence-electron chi connectivity index (χ3n) is 7.49. The number of aliphatic hydroxyl groups is 1. The minimum atomic E-state index is -0.187. The van der Waals surface area contributed by atoms with Crippen LogP contribution >= 0.6 is 0 Å². The molecule has 1 aromatic rings. The van der Waals surface area contributed by atoms with E-state index in [1.807, 2.05) is 0 Å². The average molecular weight is 424 g/mol. The van der Waals surface area contributed by atoms with Crippen LogP contribution in [0, 0.1) is 24.7 Å². The van der Waals surface area contributed by atoms with E-state index in [2.05, 4.69) is 54.3 Å². The highest BCUT2D eigenvalue weighted by atomic mass is 16.5. The Kier molecular flexibility index (Phi) is 8.40. The second-order valence-corrected chi connectivity index (χ2v) is 10.0. The molecular formula is C28H41NO2. The molecule has 0 unspecified atom stereocenters. The van der Waals surface area contributed by atoms with Gasteiger partial charge in [-0.25, -0.2) is 0 Å². The van der Waals surface area contributed by atoms with Crippen molar-refractivity contribution in [1.29, 1.82) is 0 Å². The first-order valence-corrected chi connectivity index (χ1v) is 12.6. The summed E-state index contributed by atoms with van der Waals surface area (Å²) in [4.78, 5) is 2.59. The largest absolute Gasteiger partial charge is 0.392 e. The van der Waals surface area contributed by atoms with E-state index in [9.17, 15) is 5.11 Å². The van der Waals surface area contributed by atoms with Gasteiger partial charge >= 0.3 is 0 Å². The smallest absolute Gasteiger partial charge is 0.0676 e. The van der Waals surface area contributed by atoms with Crippen LogP contribution in [0.3, 0.4) is 0 Å². The predicted octanol–water partition coefficient (Wildman–Crippen LogP) is 5.32. The van der Waals surface area contributed by atoms with Gasteiger partial charge in [-0.05, 0) is 87.9 Å². The Morgan fingerprint density at radius 3 is 2.90 bits per heavy atom. The lowest BCUT2D eigenvalue weighted by Crippen LogP contribution is -2.31. The quantitative estimate of drug-likeness (QED) is 0.408. The number of likely N-dealkylation sites (tertiary alicyclic amines) is 1. The van der Waals surface area contributed by atoms with Crippen molar-refractivity contribution in [3.05, 3.63) is 59.2 Å². The number of hydrogen-bond acceptors (Lipinski definition) is 3. The maximum atomic E-state index is 10.6. The van der Waals surface area contributed by atoms with E-state index in [1.165, 1.54) is 55.6 Å². The van der Waals surface area contributed by atoms with Crippen molar-refractivity contribution in [3.63, 3.8) is 0 Å². The van der Waals surface area contributed by atoms with Crippen LogP contribution in [0.15, 0.2) is 48.1 Å². The zero-order valence-corrected chi connectivity index (χ0v) is 19.3. The summed E-state index contributed by atoms with van der Waals surface area (Å²) < 4.78 is 6.02. The highest BCUT2D eigenvalue weighted by Gasteiger charge is 2.43. The summed E-state index contributed by atoms with van der Waals surface area (Å²) in [6.45, 7) is 7.54. The summed E-state index contributed by atoms with van der Waals surface area (Å²) in [6.07, 6.45) is 16.2. The Morgan fingerprint density at radius 2 is 2.06 bits per heavy atom. The number of aryl methyl sites for hydroxylation is 2. The second kappa shape index (κ2) is 11.4. The molecule has 0 aromatic heterocycles. The molecule has 1 aliphatic heterocycles. The molecule has 4 atom stereocenters. The second-order valence-electron chi connectivity index (χ2n) is 10.0. The molecule has 1 heterocycles. The number of nitrogens with zero attached hydrogens (tertiary/aromatic N) is 1. The van der Waals surface area contributed by atoms with Gasteiger partial charge in [0.2, 0.25) is 0 Å². The number of benzene rings is 1. The van der Waals surface area contributed by atoms with Crippen LogP contribution in [-0.4, -0.2) is 49.0 Å². The third kappa shape index (κ3) is 6.54. The monoisotopic (exact) mass is 423 g/mol. The molecule has 1 saturated carbocycles. The van der Waals surface area contributed by atoms with Gasteiger partial charge in [0, 0.05) is 19.1 Å². The molecule has 0 spiro atoms. The molecule has 3 heteroatoms. The molecule has 0 radical (unpaired) electrons. The number of allylic oxidation sites excluding steroid dienone is 2. The van der Waals surface area contributed by atoms with Crippen molar-refractivity contribution in [2.45, 2.75) is 64.4 Å².